The lowest BCUT2D eigenvalue weighted by atomic mass is 9.78. The van der Waals surface area contributed by atoms with Crippen molar-refractivity contribution in [1.82, 2.24) is 0 Å². The molecule has 0 unspecified atom stereocenters. The fourth-order valence-electron chi connectivity index (χ4n) is 2.78. The fourth-order valence-corrected chi connectivity index (χ4v) is 2.78. The molecule has 1 rings (SSSR count). The van der Waals surface area contributed by atoms with Crippen LogP contribution in [-0.2, 0) is 5.41 Å². The molecule has 1 aromatic carbocycles. The summed E-state index contributed by atoms with van der Waals surface area (Å²) >= 11 is 0. The van der Waals surface area contributed by atoms with E-state index in [1.807, 2.05) is 0 Å². The zero-order chi connectivity index (χ0) is 15.3. The van der Waals surface area contributed by atoms with Crippen LogP contribution in [0, 0.1) is 5.92 Å². The van der Waals surface area contributed by atoms with Gasteiger partial charge in [-0.2, -0.15) is 0 Å². The van der Waals surface area contributed by atoms with Crippen LogP contribution in [0.4, 0.5) is 5.69 Å². The van der Waals surface area contributed by atoms with Gasteiger partial charge in [-0.3, -0.25) is 0 Å². The van der Waals surface area contributed by atoms with Gasteiger partial charge in [-0.05, 0) is 55.7 Å². The van der Waals surface area contributed by atoms with E-state index < -0.39 is 0 Å². The summed E-state index contributed by atoms with van der Waals surface area (Å²) in [6.45, 7) is 17.2. The zero-order valence-electron chi connectivity index (χ0n) is 14.5. The standard InChI is InChI=1S/C19H33N/c1-8-19(7,9-2)17-11-13-18(14-12-17)20(10-3)16(6)15(4)5/h11-16H,8-10H2,1-7H3/t16-/m0/s1. The van der Waals surface area contributed by atoms with Crippen LogP contribution in [-0.4, -0.2) is 12.6 Å². The summed E-state index contributed by atoms with van der Waals surface area (Å²) < 4.78 is 0. The molecule has 0 heterocycles. The molecule has 0 aliphatic rings. The highest BCUT2D eigenvalue weighted by Gasteiger charge is 2.22. The van der Waals surface area contributed by atoms with Gasteiger partial charge < -0.3 is 4.90 Å². The van der Waals surface area contributed by atoms with E-state index >= 15 is 0 Å². The fraction of sp³-hybridized carbons (Fsp3) is 0.684. The van der Waals surface area contributed by atoms with E-state index in [9.17, 15) is 0 Å². The monoisotopic (exact) mass is 275 g/mol. The SMILES string of the molecule is CCN(c1ccc(C(C)(CC)CC)cc1)[C@@H](C)C(C)C. The van der Waals surface area contributed by atoms with Crippen molar-refractivity contribution in [2.24, 2.45) is 5.92 Å². The Morgan fingerprint density at radius 3 is 1.80 bits per heavy atom. The van der Waals surface area contributed by atoms with Crippen molar-refractivity contribution in [3.05, 3.63) is 29.8 Å². The van der Waals surface area contributed by atoms with Gasteiger partial charge >= 0.3 is 0 Å². The quantitative estimate of drug-likeness (QED) is 0.623. The number of hydrogen-bond acceptors (Lipinski definition) is 1. The summed E-state index contributed by atoms with van der Waals surface area (Å²) in [5, 5.41) is 0. The van der Waals surface area contributed by atoms with Crippen LogP contribution < -0.4 is 4.90 Å². The summed E-state index contributed by atoms with van der Waals surface area (Å²) in [5.74, 6) is 0.672. The molecule has 1 atom stereocenters. The third-order valence-electron chi connectivity index (χ3n) is 5.25. The molecule has 1 nitrogen and oxygen atoms in total. The zero-order valence-corrected chi connectivity index (χ0v) is 14.5. The third kappa shape index (κ3) is 3.56. The molecule has 20 heavy (non-hydrogen) atoms. The average molecular weight is 275 g/mol. The van der Waals surface area contributed by atoms with E-state index in [4.69, 9.17) is 0 Å². The molecule has 0 saturated carbocycles. The van der Waals surface area contributed by atoms with Gasteiger partial charge in [0, 0.05) is 18.3 Å². The minimum Gasteiger partial charge on any atom is -0.369 e. The van der Waals surface area contributed by atoms with Gasteiger partial charge in [-0.15, -0.1) is 0 Å². The normalized spacial score (nSPS) is 13.6. The molecule has 0 spiro atoms. The highest BCUT2D eigenvalue weighted by atomic mass is 15.2. The first-order chi connectivity index (χ1) is 9.39. The molecule has 0 bridgehead atoms. The Kier molecular flexibility index (Phi) is 6.10. The minimum absolute atomic E-state index is 0.319. The van der Waals surface area contributed by atoms with E-state index in [1.54, 1.807) is 0 Å². The molecule has 0 aliphatic heterocycles. The lowest BCUT2D eigenvalue weighted by Gasteiger charge is -2.34. The van der Waals surface area contributed by atoms with Crippen LogP contribution in [0.5, 0.6) is 0 Å². The molecule has 114 valence electrons. The first-order valence-corrected chi connectivity index (χ1v) is 8.26. The van der Waals surface area contributed by atoms with Gasteiger partial charge in [-0.25, -0.2) is 0 Å². The Bertz CT molecular complexity index is 387. The topological polar surface area (TPSA) is 3.24 Å². The predicted molar refractivity (Wildman–Crippen MR) is 91.7 cm³/mol. The predicted octanol–water partition coefficient (Wildman–Crippen LogP) is 5.64. The second kappa shape index (κ2) is 7.15. The maximum Gasteiger partial charge on any atom is 0.0368 e. The highest BCUT2D eigenvalue weighted by Crippen LogP contribution is 2.32. The molecule has 0 aliphatic carbocycles. The minimum atomic E-state index is 0.319. The molecule has 0 saturated heterocycles. The van der Waals surface area contributed by atoms with Gasteiger partial charge in [0.25, 0.3) is 0 Å². The van der Waals surface area contributed by atoms with Crippen LogP contribution in [0.25, 0.3) is 0 Å². The van der Waals surface area contributed by atoms with Gasteiger partial charge in [0.15, 0.2) is 0 Å². The van der Waals surface area contributed by atoms with E-state index in [1.165, 1.54) is 24.1 Å². The van der Waals surface area contributed by atoms with Crippen LogP contribution >= 0.6 is 0 Å². The Balaban J connectivity index is 3.00. The van der Waals surface area contributed by atoms with Crippen molar-refractivity contribution in [2.75, 3.05) is 11.4 Å². The number of rotatable bonds is 7. The maximum absolute atomic E-state index is 2.50. The lowest BCUT2D eigenvalue weighted by Crippen LogP contribution is -2.36. The molecule has 1 aromatic rings. The summed E-state index contributed by atoms with van der Waals surface area (Å²) in [4.78, 5) is 2.50. The van der Waals surface area contributed by atoms with E-state index in [2.05, 4.69) is 77.6 Å². The number of benzene rings is 1. The van der Waals surface area contributed by atoms with Gasteiger partial charge in [0.05, 0.1) is 0 Å². The second-order valence-corrected chi connectivity index (χ2v) is 6.59. The second-order valence-electron chi connectivity index (χ2n) is 6.59. The average Bonchev–Trinajstić information content (AvgIpc) is 2.47. The van der Waals surface area contributed by atoms with Crippen molar-refractivity contribution in [1.29, 1.82) is 0 Å². The summed E-state index contributed by atoms with van der Waals surface area (Å²) in [6.07, 6.45) is 2.39. The van der Waals surface area contributed by atoms with Crippen molar-refractivity contribution >= 4 is 5.69 Å². The van der Waals surface area contributed by atoms with Gasteiger partial charge in [-0.1, -0.05) is 46.8 Å². The van der Waals surface area contributed by atoms with Crippen LogP contribution in [0.2, 0.25) is 0 Å². The first kappa shape index (κ1) is 17.1. The Morgan fingerprint density at radius 2 is 1.45 bits per heavy atom. The molecule has 0 N–H and O–H groups in total. The van der Waals surface area contributed by atoms with E-state index in [-0.39, 0.29) is 0 Å². The highest BCUT2D eigenvalue weighted by molar-refractivity contribution is 5.49. The summed E-state index contributed by atoms with van der Waals surface area (Å²) in [6, 6.07) is 9.85. The van der Waals surface area contributed by atoms with Crippen molar-refractivity contribution in [3.8, 4) is 0 Å². The summed E-state index contributed by atoms with van der Waals surface area (Å²) in [5.41, 5.74) is 3.14. The Hall–Kier alpha value is -0.980. The van der Waals surface area contributed by atoms with Gasteiger partial charge in [0.2, 0.25) is 0 Å². The van der Waals surface area contributed by atoms with Crippen molar-refractivity contribution in [3.63, 3.8) is 0 Å². The van der Waals surface area contributed by atoms with E-state index in [0.29, 0.717) is 17.4 Å². The molecule has 0 amide bonds. The molecular weight excluding hydrogens is 242 g/mol. The largest absolute Gasteiger partial charge is 0.369 e. The van der Waals surface area contributed by atoms with Crippen LogP contribution in [0.15, 0.2) is 24.3 Å². The van der Waals surface area contributed by atoms with E-state index in [0.717, 1.165) is 6.54 Å². The van der Waals surface area contributed by atoms with Crippen LogP contribution in [0.3, 0.4) is 0 Å². The Morgan fingerprint density at radius 1 is 0.950 bits per heavy atom. The first-order valence-electron chi connectivity index (χ1n) is 8.26. The smallest absolute Gasteiger partial charge is 0.0368 e. The van der Waals surface area contributed by atoms with Crippen molar-refractivity contribution in [2.45, 2.75) is 72.8 Å². The third-order valence-corrected chi connectivity index (χ3v) is 5.25. The maximum atomic E-state index is 2.50. The molecular formula is C19H33N. The van der Waals surface area contributed by atoms with Crippen LogP contribution in [0.1, 0.15) is 66.9 Å². The summed E-state index contributed by atoms with van der Waals surface area (Å²) in [7, 11) is 0. The number of anilines is 1. The molecule has 0 fully saturated rings. The molecule has 0 aromatic heterocycles. The number of hydrogen-bond donors (Lipinski definition) is 0. The lowest BCUT2D eigenvalue weighted by molar-refractivity contribution is 0.438. The van der Waals surface area contributed by atoms with Crippen molar-refractivity contribution < 1.29 is 0 Å². The van der Waals surface area contributed by atoms with Gasteiger partial charge in [0.1, 0.15) is 0 Å². The molecule has 1 heteroatoms. The Labute approximate surface area is 126 Å². The molecule has 0 radical (unpaired) electrons. The number of nitrogens with zero attached hydrogens (tertiary/aromatic N) is 1.